The van der Waals surface area contributed by atoms with Crippen molar-refractivity contribution in [1.82, 2.24) is 15.1 Å². The normalized spacial score (nSPS) is 15.7. The van der Waals surface area contributed by atoms with Gasteiger partial charge in [0.05, 0.1) is 25.4 Å². The highest BCUT2D eigenvalue weighted by Crippen LogP contribution is 2.43. The van der Waals surface area contributed by atoms with Gasteiger partial charge in [-0.3, -0.25) is 9.89 Å². The van der Waals surface area contributed by atoms with Crippen LogP contribution < -0.4 is 4.74 Å². The van der Waals surface area contributed by atoms with Gasteiger partial charge in [-0.05, 0) is 42.0 Å². The maximum Gasteiger partial charge on any atom is 0.273 e. The summed E-state index contributed by atoms with van der Waals surface area (Å²) in [6.07, 6.45) is -0.590. The summed E-state index contributed by atoms with van der Waals surface area (Å²) in [6.45, 7) is 0.221. The Morgan fingerprint density at radius 2 is 1.87 bits per heavy atom. The van der Waals surface area contributed by atoms with Gasteiger partial charge in [-0.25, -0.2) is 4.39 Å². The predicted octanol–water partition coefficient (Wildman–Crippen LogP) is 3.39. The molecule has 0 radical (unpaired) electrons. The average Bonchev–Trinajstić information content (AvgIpc) is 3.31. The van der Waals surface area contributed by atoms with Crippen molar-refractivity contribution >= 4 is 5.91 Å². The van der Waals surface area contributed by atoms with Gasteiger partial charge in [0.2, 0.25) is 0 Å². The second-order valence-corrected chi connectivity index (χ2v) is 6.91. The molecule has 1 aliphatic rings. The standard InChI is InChI=1S/C22H22FN3O4/c1-28-16-6-4-5-14(11-16)21-18-19(13-7-9-15(23)10-8-13)24-25-20(18)22(27)26(21)12-17(29-2)30-3/h4-11,17,21H,12H2,1-3H3,(H,24,25). The van der Waals surface area contributed by atoms with Gasteiger partial charge in [-0.15, -0.1) is 0 Å². The highest BCUT2D eigenvalue weighted by molar-refractivity contribution is 6.00. The molecular formula is C22H22FN3O4. The van der Waals surface area contributed by atoms with Gasteiger partial charge in [0.15, 0.2) is 6.29 Å². The van der Waals surface area contributed by atoms with Gasteiger partial charge in [0.25, 0.3) is 5.91 Å². The van der Waals surface area contributed by atoms with Gasteiger partial charge >= 0.3 is 0 Å². The van der Waals surface area contributed by atoms with Crippen LogP contribution in [0.2, 0.25) is 0 Å². The lowest BCUT2D eigenvalue weighted by Crippen LogP contribution is -2.38. The quantitative estimate of drug-likeness (QED) is 0.603. The number of benzene rings is 2. The van der Waals surface area contributed by atoms with E-state index in [2.05, 4.69) is 10.2 Å². The van der Waals surface area contributed by atoms with Crippen molar-refractivity contribution in [3.63, 3.8) is 0 Å². The highest BCUT2D eigenvalue weighted by atomic mass is 19.1. The van der Waals surface area contributed by atoms with Crippen LogP contribution in [-0.2, 0) is 9.47 Å². The van der Waals surface area contributed by atoms with E-state index in [1.807, 2.05) is 24.3 Å². The number of hydrogen-bond acceptors (Lipinski definition) is 5. The fourth-order valence-electron chi connectivity index (χ4n) is 3.78. The first-order chi connectivity index (χ1) is 14.6. The third kappa shape index (κ3) is 3.44. The topological polar surface area (TPSA) is 76.7 Å². The Balaban J connectivity index is 1.85. The molecule has 30 heavy (non-hydrogen) atoms. The number of fused-ring (bicyclic) bond motifs is 1. The van der Waals surface area contributed by atoms with Gasteiger partial charge in [-0.2, -0.15) is 5.10 Å². The number of rotatable bonds is 7. The number of carbonyl (C=O) groups is 1. The number of halogens is 1. The molecule has 1 aromatic heterocycles. The van der Waals surface area contributed by atoms with E-state index in [0.717, 1.165) is 11.1 Å². The molecule has 156 valence electrons. The van der Waals surface area contributed by atoms with Crippen molar-refractivity contribution in [1.29, 1.82) is 0 Å². The number of nitrogens with zero attached hydrogens (tertiary/aromatic N) is 2. The molecule has 2 heterocycles. The highest BCUT2D eigenvalue weighted by Gasteiger charge is 2.43. The Hall–Kier alpha value is -3.23. The van der Waals surface area contributed by atoms with Crippen LogP contribution in [0, 0.1) is 5.82 Å². The zero-order valence-corrected chi connectivity index (χ0v) is 16.9. The molecule has 1 unspecified atom stereocenters. The van der Waals surface area contributed by atoms with E-state index in [1.54, 1.807) is 24.1 Å². The van der Waals surface area contributed by atoms with Crippen molar-refractivity contribution in [2.24, 2.45) is 0 Å². The van der Waals surface area contributed by atoms with E-state index in [1.165, 1.54) is 26.4 Å². The molecule has 0 aliphatic carbocycles. The molecule has 8 heteroatoms. The molecule has 3 aromatic rings. The zero-order chi connectivity index (χ0) is 21.3. The molecule has 0 saturated carbocycles. The van der Waals surface area contributed by atoms with Crippen LogP contribution in [0.5, 0.6) is 5.75 Å². The predicted molar refractivity (Wildman–Crippen MR) is 108 cm³/mol. The number of ether oxygens (including phenoxy) is 3. The molecule has 1 atom stereocenters. The lowest BCUT2D eigenvalue weighted by atomic mass is 9.96. The zero-order valence-electron chi connectivity index (χ0n) is 16.9. The summed E-state index contributed by atoms with van der Waals surface area (Å²) in [4.78, 5) is 14.9. The molecule has 1 amide bonds. The van der Waals surface area contributed by atoms with Crippen LogP contribution in [0.15, 0.2) is 48.5 Å². The monoisotopic (exact) mass is 411 g/mol. The molecule has 0 saturated heterocycles. The van der Waals surface area contributed by atoms with Crippen LogP contribution in [0.25, 0.3) is 11.3 Å². The number of amides is 1. The van der Waals surface area contributed by atoms with Crippen LogP contribution >= 0.6 is 0 Å². The summed E-state index contributed by atoms with van der Waals surface area (Å²) in [5.74, 6) is 0.129. The van der Waals surface area contributed by atoms with Gasteiger partial charge < -0.3 is 19.1 Å². The van der Waals surface area contributed by atoms with Crippen LogP contribution in [0.4, 0.5) is 4.39 Å². The molecule has 1 aliphatic heterocycles. The smallest absolute Gasteiger partial charge is 0.273 e. The van der Waals surface area contributed by atoms with E-state index in [0.29, 0.717) is 22.7 Å². The fraction of sp³-hybridized carbons (Fsp3) is 0.273. The van der Waals surface area contributed by atoms with Crippen molar-refractivity contribution in [2.75, 3.05) is 27.9 Å². The Morgan fingerprint density at radius 1 is 1.13 bits per heavy atom. The van der Waals surface area contributed by atoms with Crippen molar-refractivity contribution in [2.45, 2.75) is 12.3 Å². The summed E-state index contributed by atoms with van der Waals surface area (Å²) in [5, 5.41) is 7.24. The molecule has 2 aromatic carbocycles. The van der Waals surface area contributed by atoms with E-state index in [9.17, 15) is 9.18 Å². The molecule has 0 spiro atoms. The Morgan fingerprint density at radius 3 is 2.53 bits per heavy atom. The molecule has 4 rings (SSSR count). The van der Waals surface area contributed by atoms with Crippen LogP contribution in [0.3, 0.4) is 0 Å². The molecular weight excluding hydrogens is 389 g/mol. The number of nitrogens with one attached hydrogen (secondary N) is 1. The first-order valence-electron chi connectivity index (χ1n) is 9.42. The third-order valence-corrected chi connectivity index (χ3v) is 5.26. The van der Waals surface area contributed by atoms with Gasteiger partial charge in [-0.1, -0.05) is 12.1 Å². The number of aromatic nitrogens is 2. The SMILES string of the molecule is COc1cccc(C2c3c(-c4ccc(F)cc4)n[nH]c3C(=O)N2CC(OC)OC)c1. The first kappa shape index (κ1) is 20.1. The minimum atomic E-state index is -0.590. The Labute approximate surface area is 173 Å². The van der Waals surface area contributed by atoms with E-state index in [4.69, 9.17) is 14.2 Å². The number of carbonyl (C=O) groups excluding carboxylic acids is 1. The largest absolute Gasteiger partial charge is 0.497 e. The minimum absolute atomic E-state index is 0.210. The summed E-state index contributed by atoms with van der Waals surface area (Å²) < 4.78 is 29.5. The van der Waals surface area contributed by atoms with Gasteiger partial charge in [0, 0.05) is 25.3 Å². The lowest BCUT2D eigenvalue weighted by molar-refractivity contribution is -0.113. The number of aromatic amines is 1. The molecule has 0 fully saturated rings. The molecule has 7 nitrogen and oxygen atoms in total. The van der Waals surface area contributed by atoms with E-state index < -0.39 is 12.3 Å². The van der Waals surface area contributed by atoms with Crippen molar-refractivity contribution < 1.29 is 23.4 Å². The summed E-state index contributed by atoms with van der Waals surface area (Å²) in [5.41, 5.74) is 3.29. The van der Waals surface area contributed by atoms with E-state index in [-0.39, 0.29) is 18.3 Å². The van der Waals surface area contributed by atoms with Crippen LogP contribution in [0.1, 0.15) is 27.7 Å². The Kier molecular flexibility index (Phi) is 5.52. The lowest BCUT2D eigenvalue weighted by Gasteiger charge is -2.29. The van der Waals surface area contributed by atoms with Crippen LogP contribution in [-0.4, -0.2) is 55.2 Å². The second-order valence-electron chi connectivity index (χ2n) is 6.91. The maximum absolute atomic E-state index is 13.4. The van der Waals surface area contributed by atoms with Gasteiger partial charge in [0.1, 0.15) is 17.3 Å². The molecule has 0 bridgehead atoms. The Bertz CT molecular complexity index is 1050. The van der Waals surface area contributed by atoms with Crippen molar-refractivity contribution in [3.05, 3.63) is 71.2 Å². The molecule has 1 N–H and O–H groups in total. The van der Waals surface area contributed by atoms with Crippen molar-refractivity contribution in [3.8, 4) is 17.0 Å². The minimum Gasteiger partial charge on any atom is -0.497 e. The third-order valence-electron chi connectivity index (χ3n) is 5.26. The maximum atomic E-state index is 13.4. The number of methoxy groups -OCH3 is 3. The summed E-state index contributed by atoms with van der Waals surface area (Å²) in [7, 11) is 4.65. The number of H-pyrrole nitrogens is 1. The number of hydrogen-bond donors (Lipinski definition) is 1. The summed E-state index contributed by atoms with van der Waals surface area (Å²) in [6, 6.07) is 13.1. The first-order valence-corrected chi connectivity index (χ1v) is 9.42. The second kappa shape index (κ2) is 8.25. The fourth-order valence-corrected chi connectivity index (χ4v) is 3.78. The average molecular weight is 411 g/mol. The van der Waals surface area contributed by atoms with E-state index >= 15 is 0 Å². The summed E-state index contributed by atoms with van der Waals surface area (Å²) >= 11 is 0.